The van der Waals surface area contributed by atoms with E-state index >= 15 is 0 Å². The van der Waals surface area contributed by atoms with Crippen molar-refractivity contribution in [2.45, 2.75) is 53.0 Å². The normalized spacial score (nSPS) is 12.8. The third-order valence-electron chi connectivity index (χ3n) is 3.64. The summed E-state index contributed by atoms with van der Waals surface area (Å²) in [7, 11) is 0. The fourth-order valence-corrected chi connectivity index (χ4v) is 3.37. The molecule has 10 heteroatoms. The highest BCUT2D eigenvalue weighted by Crippen LogP contribution is 2.21. The number of hydrogen-bond acceptors (Lipinski definition) is 8. The highest BCUT2D eigenvalue weighted by atomic mass is 32.1. The Bertz CT molecular complexity index is 866. The molecule has 0 aliphatic heterocycles. The van der Waals surface area contributed by atoms with E-state index in [-0.39, 0.29) is 11.9 Å². The SMILES string of the molecule is Cc1nnc(C(CC(C)C)NC(=O)CCc2nn3c(C)nnc3s2)o1. The molecule has 3 rings (SSSR count). The number of aryl methyl sites for hydroxylation is 3. The summed E-state index contributed by atoms with van der Waals surface area (Å²) in [6, 6.07) is -0.270. The second-order valence-corrected chi connectivity index (χ2v) is 7.39. The van der Waals surface area contributed by atoms with Gasteiger partial charge in [0.25, 0.3) is 0 Å². The van der Waals surface area contributed by atoms with Crippen LogP contribution in [-0.2, 0) is 11.2 Å². The van der Waals surface area contributed by atoms with Gasteiger partial charge in [0.1, 0.15) is 11.0 Å². The molecule has 0 aliphatic rings. The second kappa shape index (κ2) is 7.26. The molecule has 0 fully saturated rings. The highest BCUT2D eigenvalue weighted by molar-refractivity contribution is 7.16. The lowest BCUT2D eigenvalue weighted by molar-refractivity contribution is -0.122. The van der Waals surface area contributed by atoms with E-state index in [4.69, 9.17) is 4.42 Å². The maximum absolute atomic E-state index is 12.3. The first-order valence-corrected chi connectivity index (χ1v) is 9.01. The minimum Gasteiger partial charge on any atom is -0.423 e. The third-order valence-corrected chi connectivity index (χ3v) is 4.60. The summed E-state index contributed by atoms with van der Waals surface area (Å²) < 4.78 is 7.18. The van der Waals surface area contributed by atoms with Crippen molar-refractivity contribution in [3.8, 4) is 0 Å². The molecular formula is C15H21N7O2S. The van der Waals surface area contributed by atoms with Crippen molar-refractivity contribution >= 4 is 22.2 Å². The summed E-state index contributed by atoms with van der Waals surface area (Å²) in [5, 5.41) is 24.2. The smallest absolute Gasteiger partial charge is 0.238 e. The quantitative estimate of drug-likeness (QED) is 0.683. The van der Waals surface area contributed by atoms with E-state index in [2.05, 4.69) is 44.7 Å². The van der Waals surface area contributed by atoms with Crippen LogP contribution in [0.1, 0.15) is 55.3 Å². The first-order valence-electron chi connectivity index (χ1n) is 8.19. The summed E-state index contributed by atoms with van der Waals surface area (Å²) >= 11 is 1.45. The fraction of sp³-hybridized carbons (Fsp3) is 0.600. The molecule has 25 heavy (non-hydrogen) atoms. The van der Waals surface area contributed by atoms with Crippen molar-refractivity contribution in [3.05, 3.63) is 22.6 Å². The molecule has 134 valence electrons. The van der Waals surface area contributed by atoms with Crippen LogP contribution < -0.4 is 5.32 Å². The van der Waals surface area contributed by atoms with Crippen LogP contribution in [0.4, 0.5) is 0 Å². The topological polar surface area (TPSA) is 111 Å². The lowest BCUT2D eigenvalue weighted by atomic mass is 10.0. The Hall–Kier alpha value is -2.36. The molecule has 0 aromatic carbocycles. The maximum Gasteiger partial charge on any atom is 0.238 e. The zero-order valence-corrected chi connectivity index (χ0v) is 15.5. The van der Waals surface area contributed by atoms with E-state index in [1.165, 1.54) is 11.3 Å². The number of nitrogens with zero attached hydrogens (tertiary/aromatic N) is 6. The lowest BCUT2D eigenvalue weighted by Crippen LogP contribution is -2.30. The molecule has 0 aliphatic carbocycles. The Kier molecular flexibility index (Phi) is 5.07. The average Bonchev–Trinajstić information content (AvgIpc) is 3.22. The first-order chi connectivity index (χ1) is 11.9. The number of fused-ring (bicyclic) bond motifs is 1. The van der Waals surface area contributed by atoms with Gasteiger partial charge in [-0.25, -0.2) is 0 Å². The van der Waals surface area contributed by atoms with E-state index in [1.807, 2.05) is 6.92 Å². The minimum absolute atomic E-state index is 0.0656. The van der Waals surface area contributed by atoms with Gasteiger partial charge in [-0.2, -0.15) is 9.61 Å². The zero-order chi connectivity index (χ0) is 18.0. The molecule has 3 heterocycles. The van der Waals surface area contributed by atoms with Gasteiger partial charge in [-0.05, 0) is 19.3 Å². The summed E-state index contributed by atoms with van der Waals surface area (Å²) in [5.41, 5.74) is 0. The van der Waals surface area contributed by atoms with Gasteiger partial charge in [0.05, 0.1) is 0 Å². The second-order valence-electron chi connectivity index (χ2n) is 6.35. The van der Waals surface area contributed by atoms with Crippen LogP contribution in [0.15, 0.2) is 4.42 Å². The van der Waals surface area contributed by atoms with E-state index in [0.29, 0.717) is 30.5 Å². The van der Waals surface area contributed by atoms with Crippen LogP contribution in [-0.4, -0.2) is 35.9 Å². The molecular weight excluding hydrogens is 342 g/mol. The number of hydrogen-bond donors (Lipinski definition) is 1. The number of amides is 1. The monoisotopic (exact) mass is 363 g/mol. The Labute approximate surface area is 148 Å². The average molecular weight is 363 g/mol. The van der Waals surface area contributed by atoms with Gasteiger partial charge < -0.3 is 9.73 Å². The van der Waals surface area contributed by atoms with Crippen molar-refractivity contribution in [1.29, 1.82) is 0 Å². The molecule has 9 nitrogen and oxygen atoms in total. The number of aromatic nitrogens is 6. The summed E-state index contributed by atoms with van der Waals surface area (Å²) in [6.07, 6.45) is 1.63. The predicted octanol–water partition coefficient (Wildman–Crippen LogP) is 2.02. The number of nitrogens with one attached hydrogen (secondary N) is 1. The highest BCUT2D eigenvalue weighted by Gasteiger charge is 2.21. The van der Waals surface area contributed by atoms with E-state index < -0.39 is 0 Å². The van der Waals surface area contributed by atoms with Crippen LogP contribution in [0.3, 0.4) is 0 Å². The third kappa shape index (κ3) is 4.19. The first kappa shape index (κ1) is 17.5. The van der Waals surface area contributed by atoms with Gasteiger partial charge in [-0.15, -0.1) is 20.4 Å². The molecule has 3 aromatic rings. The van der Waals surface area contributed by atoms with E-state index in [1.54, 1.807) is 11.4 Å². The number of carbonyl (C=O) groups is 1. The molecule has 1 unspecified atom stereocenters. The fourth-order valence-electron chi connectivity index (χ4n) is 2.49. The number of carbonyl (C=O) groups excluding carboxylic acids is 1. The van der Waals surface area contributed by atoms with Gasteiger partial charge in [-0.3, -0.25) is 4.79 Å². The van der Waals surface area contributed by atoms with Crippen molar-refractivity contribution in [2.75, 3.05) is 0 Å². The van der Waals surface area contributed by atoms with Gasteiger partial charge in [0.15, 0.2) is 5.82 Å². The maximum atomic E-state index is 12.3. The molecule has 1 N–H and O–H groups in total. The molecule has 1 atom stereocenters. The van der Waals surface area contributed by atoms with Crippen LogP contribution in [0.5, 0.6) is 0 Å². The van der Waals surface area contributed by atoms with Crippen LogP contribution >= 0.6 is 11.3 Å². The van der Waals surface area contributed by atoms with Gasteiger partial charge in [0.2, 0.25) is 22.6 Å². The number of rotatable bonds is 7. The van der Waals surface area contributed by atoms with Gasteiger partial charge in [-0.1, -0.05) is 25.2 Å². The lowest BCUT2D eigenvalue weighted by Gasteiger charge is -2.17. The Morgan fingerprint density at radius 1 is 1.24 bits per heavy atom. The van der Waals surface area contributed by atoms with Crippen LogP contribution in [0.2, 0.25) is 0 Å². The molecule has 0 radical (unpaired) electrons. The van der Waals surface area contributed by atoms with Gasteiger partial charge in [0, 0.05) is 19.8 Å². The molecule has 0 saturated heterocycles. The molecule has 1 amide bonds. The minimum atomic E-state index is -0.270. The predicted molar refractivity (Wildman–Crippen MR) is 91.1 cm³/mol. The van der Waals surface area contributed by atoms with E-state index in [9.17, 15) is 4.79 Å². The molecule has 0 saturated carbocycles. The molecule has 0 spiro atoms. The van der Waals surface area contributed by atoms with Crippen molar-refractivity contribution in [1.82, 2.24) is 35.3 Å². The summed E-state index contributed by atoms with van der Waals surface area (Å²) in [6.45, 7) is 7.76. The Balaban J connectivity index is 1.60. The summed E-state index contributed by atoms with van der Waals surface area (Å²) in [5.74, 6) is 2.01. The van der Waals surface area contributed by atoms with Crippen molar-refractivity contribution < 1.29 is 9.21 Å². The largest absolute Gasteiger partial charge is 0.423 e. The van der Waals surface area contributed by atoms with Crippen molar-refractivity contribution in [3.63, 3.8) is 0 Å². The van der Waals surface area contributed by atoms with Crippen LogP contribution in [0.25, 0.3) is 4.96 Å². The van der Waals surface area contributed by atoms with Crippen LogP contribution in [0, 0.1) is 19.8 Å². The van der Waals surface area contributed by atoms with Crippen molar-refractivity contribution in [2.24, 2.45) is 5.92 Å². The van der Waals surface area contributed by atoms with Gasteiger partial charge >= 0.3 is 0 Å². The van der Waals surface area contributed by atoms with E-state index in [0.717, 1.165) is 22.2 Å². The Morgan fingerprint density at radius 3 is 2.68 bits per heavy atom. The molecule has 0 bridgehead atoms. The zero-order valence-electron chi connectivity index (χ0n) is 14.7. The standard InChI is InChI=1S/C15H21N7O2S/c1-8(2)7-11(14-19-18-10(4)24-14)16-12(23)5-6-13-21-22-9(3)17-20-15(22)25-13/h8,11H,5-7H2,1-4H3,(H,16,23). The summed E-state index contributed by atoms with van der Waals surface area (Å²) in [4.78, 5) is 13.1. The Morgan fingerprint density at radius 2 is 2.04 bits per heavy atom. The molecule has 3 aromatic heterocycles.